The zero-order valence-corrected chi connectivity index (χ0v) is 10.8. The summed E-state index contributed by atoms with van der Waals surface area (Å²) in [5.74, 6) is -0.617. The first kappa shape index (κ1) is 12.8. The number of fused-ring (bicyclic) bond motifs is 1. The van der Waals surface area contributed by atoms with Crippen molar-refractivity contribution < 1.29 is 24.2 Å². The number of hydrogen-bond acceptors (Lipinski definition) is 4. The highest BCUT2D eigenvalue weighted by Crippen LogP contribution is 2.38. The molecule has 0 spiro atoms. The van der Waals surface area contributed by atoms with Crippen molar-refractivity contribution in [2.45, 2.75) is 13.0 Å². The fourth-order valence-corrected chi connectivity index (χ4v) is 2.28. The van der Waals surface area contributed by atoms with Gasteiger partial charge in [-0.3, -0.25) is 9.59 Å². The predicted molar refractivity (Wildman–Crippen MR) is 68.5 cm³/mol. The van der Waals surface area contributed by atoms with Gasteiger partial charge in [-0.25, -0.2) is 0 Å². The molecule has 1 saturated carbocycles. The number of benzene rings is 1. The maximum Gasteiger partial charge on any atom is 0.307 e. The van der Waals surface area contributed by atoms with Gasteiger partial charge in [-0.2, -0.15) is 0 Å². The minimum Gasteiger partial charge on any atom is -0.486 e. The lowest BCUT2D eigenvalue weighted by molar-refractivity contribution is -0.140. The van der Waals surface area contributed by atoms with Crippen molar-refractivity contribution in [1.29, 1.82) is 0 Å². The second-order valence-corrected chi connectivity index (χ2v) is 4.98. The lowest BCUT2D eigenvalue weighted by Crippen LogP contribution is -2.26. The maximum atomic E-state index is 11.8. The standard InChI is InChI=1S/C14H15NO5/c16-13(9-6-10(9)14(17)18)15-7-8-1-2-11-12(5-8)20-4-3-19-11/h1-2,5,9-10H,3-4,6-7H2,(H,15,16)(H,17,18)/t9-,10+/m1/s1. The van der Waals surface area contributed by atoms with Crippen LogP contribution < -0.4 is 14.8 Å². The van der Waals surface area contributed by atoms with Crippen LogP contribution in [0.5, 0.6) is 11.5 Å². The maximum absolute atomic E-state index is 11.8. The smallest absolute Gasteiger partial charge is 0.307 e. The van der Waals surface area contributed by atoms with Gasteiger partial charge in [0.25, 0.3) is 0 Å². The number of carbonyl (C=O) groups is 2. The molecule has 6 nitrogen and oxygen atoms in total. The van der Waals surface area contributed by atoms with Gasteiger partial charge < -0.3 is 19.9 Å². The highest BCUT2D eigenvalue weighted by molar-refractivity contribution is 5.89. The second-order valence-electron chi connectivity index (χ2n) is 4.98. The minimum absolute atomic E-state index is 0.202. The summed E-state index contributed by atoms with van der Waals surface area (Å²) >= 11 is 0. The number of aliphatic carboxylic acids is 1. The summed E-state index contributed by atoms with van der Waals surface area (Å²) in [4.78, 5) is 22.5. The summed E-state index contributed by atoms with van der Waals surface area (Å²) in [6, 6.07) is 5.50. The van der Waals surface area contributed by atoms with Crippen molar-refractivity contribution in [1.82, 2.24) is 5.32 Å². The topological polar surface area (TPSA) is 84.9 Å². The van der Waals surface area contributed by atoms with Gasteiger partial charge in [-0.15, -0.1) is 0 Å². The number of nitrogens with one attached hydrogen (secondary N) is 1. The molecule has 20 heavy (non-hydrogen) atoms. The van der Waals surface area contributed by atoms with E-state index in [1.807, 2.05) is 18.2 Å². The Morgan fingerprint density at radius 2 is 1.95 bits per heavy atom. The molecule has 6 heteroatoms. The van der Waals surface area contributed by atoms with Crippen LogP contribution in [0.3, 0.4) is 0 Å². The zero-order valence-electron chi connectivity index (χ0n) is 10.8. The number of ether oxygens (including phenoxy) is 2. The Morgan fingerprint density at radius 3 is 2.65 bits per heavy atom. The first-order valence-corrected chi connectivity index (χ1v) is 6.54. The van der Waals surface area contributed by atoms with E-state index in [-0.39, 0.29) is 11.8 Å². The average Bonchev–Trinajstić information content (AvgIpc) is 3.25. The fourth-order valence-electron chi connectivity index (χ4n) is 2.28. The van der Waals surface area contributed by atoms with E-state index in [0.29, 0.717) is 37.7 Å². The van der Waals surface area contributed by atoms with Crippen LogP contribution in [0.25, 0.3) is 0 Å². The third-order valence-electron chi connectivity index (χ3n) is 3.52. The SMILES string of the molecule is O=C(O)[C@H]1C[C@H]1C(=O)NCc1ccc2c(c1)OCCO2. The molecule has 1 heterocycles. The van der Waals surface area contributed by atoms with E-state index in [9.17, 15) is 9.59 Å². The van der Waals surface area contributed by atoms with Gasteiger partial charge in [0.05, 0.1) is 11.8 Å². The molecule has 0 aromatic heterocycles. The van der Waals surface area contributed by atoms with Crippen molar-refractivity contribution in [2.75, 3.05) is 13.2 Å². The van der Waals surface area contributed by atoms with E-state index in [4.69, 9.17) is 14.6 Å². The highest BCUT2D eigenvalue weighted by atomic mass is 16.6. The fraction of sp³-hybridized carbons (Fsp3) is 0.429. The van der Waals surface area contributed by atoms with Gasteiger partial charge in [-0.1, -0.05) is 6.07 Å². The molecular formula is C14H15NO5. The number of carbonyl (C=O) groups excluding carboxylic acids is 1. The van der Waals surface area contributed by atoms with Gasteiger partial charge in [-0.05, 0) is 24.1 Å². The minimum atomic E-state index is -0.899. The molecule has 0 radical (unpaired) electrons. The van der Waals surface area contributed by atoms with Crippen molar-refractivity contribution in [3.8, 4) is 11.5 Å². The normalized spacial score (nSPS) is 23.0. The lowest BCUT2D eigenvalue weighted by atomic mass is 10.2. The van der Waals surface area contributed by atoms with E-state index < -0.39 is 11.9 Å². The summed E-state index contributed by atoms with van der Waals surface area (Å²) in [5.41, 5.74) is 0.898. The Labute approximate surface area is 115 Å². The van der Waals surface area contributed by atoms with Gasteiger partial charge in [0.1, 0.15) is 13.2 Å². The second kappa shape index (κ2) is 5.03. The van der Waals surface area contributed by atoms with Crippen LogP contribution in [0.4, 0.5) is 0 Å². The van der Waals surface area contributed by atoms with Gasteiger partial charge in [0.2, 0.25) is 5.91 Å². The van der Waals surface area contributed by atoms with E-state index in [2.05, 4.69) is 5.32 Å². The predicted octanol–water partition coefficient (Wildman–Crippen LogP) is 0.795. The number of hydrogen-bond donors (Lipinski definition) is 2. The van der Waals surface area contributed by atoms with Crippen LogP contribution in [0, 0.1) is 11.8 Å². The number of rotatable bonds is 4. The summed E-state index contributed by atoms with van der Waals surface area (Å²) < 4.78 is 10.9. The number of amides is 1. The largest absolute Gasteiger partial charge is 0.486 e. The van der Waals surface area contributed by atoms with Crippen molar-refractivity contribution >= 4 is 11.9 Å². The van der Waals surface area contributed by atoms with Crippen LogP contribution in [-0.2, 0) is 16.1 Å². The molecule has 1 aromatic rings. The summed E-state index contributed by atoms with van der Waals surface area (Å²) in [5, 5.41) is 11.5. The summed E-state index contributed by atoms with van der Waals surface area (Å²) in [7, 11) is 0. The Morgan fingerprint density at radius 1 is 1.20 bits per heavy atom. The quantitative estimate of drug-likeness (QED) is 0.850. The van der Waals surface area contributed by atoms with E-state index >= 15 is 0 Å². The molecule has 3 rings (SSSR count). The zero-order chi connectivity index (χ0) is 14.1. The highest BCUT2D eigenvalue weighted by Gasteiger charge is 2.48. The van der Waals surface area contributed by atoms with Crippen molar-refractivity contribution in [3.05, 3.63) is 23.8 Å². The van der Waals surface area contributed by atoms with Crippen LogP contribution in [-0.4, -0.2) is 30.2 Å². The lowest BCUT2D eigenvalue weighted by Gasteiger charge is -2.19. The Bertz CT molecular complexity index is 556. The average molecular weight is 277 g/mol. The Kier molecular flexibility index (Phi) is 3.22. The molecule has 0 unspecified atom stereocenters. The Hall–Kier alpha value is -2.24. The van der Waals surface area contributed by atoms with Gasteiger partial charge >= 0.3 is 5.97 Å². The van der Waals surface area contributed by atoms with Gasteiger partial charge in [0.15, 0.2) is 11.5 Å². The van der Waals surface area contributed by atoms with Crippen LogP contribution in [0.15, 0.2) is 18.2 Å². The number of carboxylic acid groups (broad SMARTS) is 1. The summed E-state index contributed by atoms with van der Waals surface area (Å²) in [6.45, 7) is 1.42. The first-order valence-electron chi connectivity index (χ1n) is 6.54. The van der Waals surface area contributed by atoms with Crippen LogP contribution in [0.2, 0.25) is 0 Å². The molecule has 2 atom stereocenters. The van der Waals surface area contributed by atoms with Crippen molar-refractivity contribution in [2.24, 2.45) is 11.8 Å². The van der Waals surface area contributed by atoms with Crippen LogP contribution in [0.1, 0.15) is 12.0 Å². The molecule has 0 saturated heterocycles. The van der Waals surface area contributed by atoms with Gasteiger partial charge in [0, 0.05) is 6.54 Å². The first-order chi connectivity index (χ1) is 9.65. The third kappa shape index (κ3) is 2.54. The molecule has 2 aliphatic rings. The molecule has 2 N–H and O–H groups in total. The van der Waals surface area contributed by atoms with E-state index in [1.54, 1.807) is 0 Å². The molecule has 1 amide bonds. The molecular weight excluding hydrogens is 262 g/mol. The molecule has 1 aliphatic heterocycles. The van der Waals surface area contributed by atoms with Crippen LogP contribution >= 0.6 is 0 Å². The summed E-state index contributed by atoms with van der Waals surface area (Å²) in [6.07, 6.45) is 0.433. The molecule has 1 aliphatic carbocycles. The number of carboxylic acids is 1. The molecule has 1 aromatic carbocycles. The monoisotopic (exact) mass is 277 g/mol. The Balaban J connectivity index is 1.56. The van der Waals surface area contributed by atoms with Crippen molar-refractivity contribution in [3.63, 3.8) is 0 Å². The van der Waals surface area contributed by atoms with E-state index in [0.717, 1.165) is 5.56 Å². The molecule has 1 fully saturated rings. The third-order valence-corrected chi connectivity index (χ3v) is 3.52. The molecule has 0 bridgehead atoms. The molecule has 106 valence electrons. The van der Waals surface area contributed by atoms with E-state index in [1.165, 1.54) is 0 Å².